The number of fused-ring (bicyclic) bond motifs is 1. The van der Waals surface area contributed by atoms with Gasteiger partial charge in [0.1, 0.15) is 11.3 Å². The highest BCUT2D eigenvalue weighted by molar-refractivity contribution is 6.74. The minimum Gasteiger partial charge on any atom is -0.543 e. The van der Waals surface area contributed by atoms with Crippen molar-refractivity contribution >= 4 is 14.3 Å². The van der Waals surface area contributed by atoms with Crippen molar-refractivity contribution in [3.05, 3.63) is 62.2 Å². The quantitative estimate of drug-likeness (QED) is 0.641. The molecule has 0 amide bonds. The zero-order valence-corrected chi connectivity index (χ0v) is 16.8. The summed E-state index contributed by atoms with van der Waals surface area (Å²) in [5.41, 5.74) is -1.41. The van der Waals surface area contributed by atoms with E-state index in [-0.39, 0.29) is 10.6 Å². The van der Waals surface area contributed by atoms with Gasteiger partial charge < -0.3 is 9.16 Å². The maximum absolute atomic E-state index is 13.7. The van der Waals surface area contributed by atoms with E-state index in [1.54, 1.807) is 18.2 Å². The Morgan fingerprint density at radius 3 is 2.52 bits per heavy atom. The maximum atomic E-state index is 13.7. The first kappa shape index (κ1) is 19.1. The van der Waals surface area contributed by atoms with Crippen LogP contribution in [-0.2, 0) is 4.74 Å². The molecular formula is C18H21FN2O5Si. The van der Waals surface area contributed by atoms with E-state index < -0.39 is 37.6 Å². The van der Waals surface area contributed by atoms with Gasteiger partial charge in [-0.2, -0.15) is 4.39 Å². The molecular weight excluding hydrogens is 371 g/mol. The Morgan fingerprint density at radius 1 is 1.22 bits per heavy atom. The van der Waals surface area contributed by atoms with E-state index in [2.05, 4.69) is 20.8 Å². The number of cyclic esters (lactones) is 1. The summed E-state index contributed by atoms with van der Waals surface area (Å²) in [4.78, 5) is 37.7. The number of nitrogens with one attached hydrogen (secondary N) is 1. The number of ether oxygens (including phenoxy) is 1. The van der Waals surface area contributed by atoms with Crippen LogP contribution in [0, 0.1) is 5.82 Å². The van der Waals surface area contributed by atoms with Crippen LogP contribution >= 0.6 is 0 Å². The van der Waals surface area contributed by atoms with Gasteiger partial charge in [-0.25, -0.2) is 9.59 Å². The van der Waals surface area contributed by atoms with Gasteiger partial charge in [0, 0.05) is 5.56 Å². The van der Waals surface area contributed by atoms with Crippen LogP contribution in [0.15, 0.2) is 34.0 Å². The number of nitrogens with zero attached hydrogens (tertiary/aromatic N) is 1. The Morgan fingerprint density at radius 2 is 1.89 bits per heavy atom. The van der Waals surface area contributed by atoms with Crippen molar-refractivity contribution in [1.29, 1.82) is 0 Å². The Bertz CT molecular complexity index is 1040. The molecule has 1 aromatic heterocycles. The molecule has 0 bridgehead atoms. The monoisotopic (exact) mass is 392 g/mol. The lowest BCUT2D eigenvalue weighted by Gasteiger charge is -2.36. The van der Waals surface area contributed by atoms with Crippen molar-refractivity contribution < 1.29 is 18.3 Å². The minimum atomic E-state index is -2.23. The minimum absolute atomic E-state index is 0.0867. The highest BCUT2D eigenvalue weighted by Gasteiger charge is 2.42. The number of benzene rings is 1. The van der Waals surface area contributed by atoms with E-state index in [0.717, 1.165) is 10.8 Å². The average Bonchev–Trinajstić information content (AvgIpc) is 2.87. The van der Waals surface area contributed by atoms with Crippen LogP contribution in [0.5, 0.6) is 5.75 Å². The Kier molecular flexibility index (Phi) is 4.38. The third kappa shape index (κ3) is 3.23. The molecule has 3 rings (SSSR count). The lowest BCUT2D eigenvalue weighted by atomic mass is 10.1. The fraction of sp³-hybridized carbons (Fsp3) is 0.389. The molecule has 0 fully saturated rings. The van der Waals surface area contributed by atoms with Crippen molar-refractivity contribution in [3.8, 4) is 5.75 Å². The molecule has 1 aliphatic rings. The number of aromatic amines is 1. The molecule has 2 heterocycles. The first-order valence-electron chi connectivity index (χ1n) is 8.46. The molecule has 0 aliphatic carbocycles. The summed E-state index contributed by atoms with van der Waals surface area (Å²) in [6, 6.07) is 4.97. The number of aromatic nitrogens is 2. The molecule has 0 saturated heterocycles. The Hall–Kier alpha value is -2.68. The lowest BCUT2D eigenvalue weighted by Crippen LogP contribution is -2.44. The predicted octanol–water partition coefficient (Wildman–Crippen LogP) is 2.78. The average molecular weight is 392 g/mol. The molecule has 0 spiro atoms. The first-order chi connectivity index (χ1) is 12.4. The van der Waals surface area contributed by atoms with E-state index in [0.29, 0.717) is 11.3 Å². The largest absolute Gasteiger partial charge is 0.543 e. The van der Waals surface area contributed by atoms with E-state index in [1.165, 1.54) is 0 Å². The number of hydrogen-bond acceptors (Lipinski definition) is 5. The van der Waals surface area contributed by atoms with Crippen molar-refractivity contribution in [2.75, 3.05) is 0 Å². The smallest absolute Gasteiger partial charge is 0.344 e. The van der Waals surface area contributed by atoms with Crippen LogP contribution in [0.3, 0.4) is 0 Å². The summed E-state index contributed by atoms with van der Waals surface area (Å²) in [5, 5.41) is -0.0867. The van der Waals surface area contributed by atoms with Crippen LogP contribution in [0.4, 0.5) is 4.39 Å². The van der Waals surface area contributed by atoms with Crippen LogP contribution < -0.4 is 15.7 Å². The lowest BCUT2D eigenvalue weighted by molar-refractivity contribution is 0.0306. The number of hydrogen-bond donors (Lipinski definition) is 1. The zero-order valence-electron chi connectivity index (χ0n) is 15.8. The molecule has 1 atom stereocenters. The van der Waals surface area contributed by atoms with Crippen LogP contribution in [-0.4, -0.2) is 23.8 Å². The molecule has 9 heteroatoms. The van der Waals surface area contributed by atoms with Gasteiger partial charge in [0.25, 0.3) is 13.9 Å². The Labute approximate surface area is 155 Å². The molecule has 1 unspecified atom stereocenters. The highest BCUT2D eigenvalue weighted by atomic mass is 28.4. The highest BCUT2D eigenvalue weighted by Crippen LogP contribution is 2.42. The summed E-state index contributed by atoms with van der Waals surface area (Å²) < 4.78 is 26.1. The summed E-state index contributed by atoms with van der Waals surface area (Å²) in [6.45, 7) is 10.3. The molecule has 1 aliphatic heterocycles. The second kappa shape index (κ2) is 6.19. The molecule has 1 aromatic carbocycles. The van der Waals surface area contributed by atoms with Gasteiger partial charge in [-0.15, -0.1) is 0 Å². The normalized spacial score (nSPS) is 16.8. The topological polar surface area (TPSA) is 90.4 Å². The van der Waals surface area contributed by atoms with Crippen molar-refractivity contribution in [1.82, 2.24) is 9.55 Å². The van der Waals surface area contributed by atoms with Gasteiger partial charge in [0.15, 0.2) is 0 Å². The van der Waals surface area contributed by atoms with Crippen LogP contribution in [0.25, 0.3) is 0 Å². The third-order valence-electron chi connectivity index (χ3n) is 5.10. The molecule has 1 N–H and O–H groups in total. The zero-order chi connectivity index (χ0) is 20.1. The van der Waals surface area contributed by atoms with Crippen LogP contribution in [0.1, 0.15) is 42.9 Å². The van der Waals surface area contributed by atoms with Gasteiger partial charge in [-0.3, -0.25) is 14.3 Å². The second-order valence-electron chi connectivity index (χ2n) is 7.98. The van der Waals surface area contributed by atoms with Gasteiger partial charge in [0.05, 0.1) is 6.20 Å². The first-order valence-corrected chi connectivity index (χ1v) is 11.4. The number of esters is 1. The van der Waals surface area contributed by atoms with Crippen molar-refractivity contribution in [2.24, 2.45) is 0 Å². The number of H-pyrrole nitrogens is 1. The summed E-state index contributed by atoms with van der Waals surface area (Å²) >= 11 is 0. The van der Waals surface area contributed by atoms with Gasteiger partial charge >= 0.3 is 11.7 Å². The molecule has 2 aromatic rings. The molecule has 144 valence electrons. The molecule has 0 saturated carbocycles. The predicted molar refractivity (Wildman–Crippen MR) is 99.1 cm³/mol. The van der Waals surface area contributed by atoms with Crippen LogP contribution in [0.2, 0.25) is 18.1 Å². The van der Waals surface area contributed by atoms with E-state index >= 15 is 0 Å². The third-order valence-corrected chi connectivity index (χ3v) is 9.44. The van der Waals surface area contributed by atoms with E-state index in [4.69, 9.17) is 9.16 Å². The fourth-order valence-corrected chi connectivity index (χ4v) is 3.58. The number of carbonyl (C=O) groups is 1. The van der Waals surface area contributed by atoms with Crippen molar-refractivity contribution in [2.45, 2.75) is 45.1 Å². The van der Waals surface area contributed by atoms with Crippen molar-refractivity contribution in [3.63, 3.8) is 0 Å². The van der Waals surface area contributed by atoms with E-state index in [9.17, 15) is 18.8 Å². The summed E-state index contributed by atoms with van der Waals surface area (Å²) in [7, 11) is -2.23. The molecule has 0 radical (unpaired) electrons. The number of rotatable bonds is 3. The van der Waals surface area contributed by atoms with E-state index in [1.807, 2.05) is 18.1 Å². The summed E-state index contributed by atoms with van der Waals surface area (Å²) in [6.07, 6.45) is -0.440. The van der Waals surface area contributed by atoms with Gasteiger partial charge in [0.2, 0.25) is 12.0 Å². The number of carbonyl (C=O) groups excluding carboxylic acids is 1. The maximum Gasteiger partial charge on any atom is 0.344 e. The summed E-state index contributed by atoms with van der Waals surface area (Å²) in [5.74, 6) is -1.43. The second-order valence-corrected chi connectivity index (χ2v) is 12.7. The molecule has 7 nitrogen and oxygen atoms in total. The Balaban J connectivity index is 2.10. The van der Waals surface area contributed by atoms with Gasteiger partial charge in [-0.05, 0) is 24.2 Å². The fourth-order valence-electron chi connectivity index (χ4n) is 2.55. The standard InChI is InChI=1S/C18H21FN2O5Si/c1-18(2,3)27(4,5)26-12-8-6-7-10-13(12)16(23)25-15(10)21-9-11(19)14(22)20-17(21)24/h6-9,15H,1-5H3,(H,20,22,24). The number of halogens is 1. The SMILES string of the molecule is CC(C)(C)[Si](C)(C)Oc1cccc2c1C(=O)OC2n1cc(F)c(=O)[nH]c1=O. The van der Waals surface area contributed by atoms with Gasteiger partial charge in [-0.1, -0.05) is 32.9 Å². The molecule has 27 heavy (non-hydrogen) atoms.